The molecular formula is C19H31NO4. The zero-order valence-corrected chi connectivity index (χ0v) is 15.7. The molecule has 0 aromatic rings. The van der Waals surface area contributed by atoms with E-state index in [2.05, 4.69) is 23.9 Å². The minimum Gasteiger partial charge on any atom is -0.466 e. The lowest BCUT2D eigenvalue weighted by molar-refractivity contribution is -0.134. The summed E-state index contributed by atoms with van der Waals surface area (Å²) in [6, 6.07) is 0.0853. The van der Waals surface area contributed by atoms with E-state index in [0.29, 0.717) is 17.8 Å². The van der Waals surface area contributed by atoms with Crippen LogP contribution in [-0.2, 0) is 14.3 Å². The number of nitrogens with one attached hydrogen (secondary N) is 1. The molecule has 0 aromatic carbocycles. The summed E-state index contributed by atoms with van der Waals surface area (Å²) in [5.41, 5.74) is -0.251. The Kier molecular flexibility index (Phi) is 5.31. The van der Waals surface area contributed by atoms with E-state index in [-0.39, 0.29) is 23.5 Å². The smallest absolute Gasteiger partial charge is 0.407 e. The van der Waals surface area contributed by atoms with Crippen LogP contribution in [0.4, 0.5) is 4.79 Å². The van der Waals surface area contributed by atoms with Gasteiger partial charge in [-0.25, -0.2) is 9.59 Å². The second kappa shape index (κ2) is 6.77. The first kappa shape index (κ1) is 18.8. The minimum atomic E-state index is -0.503. The summed E-state index contributed by atoms with van der Waals surface area (Å²) in [6.45, 7) is 10.2. The third kappa shape index (κ3) is 4.11. The van der Waals surface area contributed by atoms with E-state index in [1.54, 1.807) is 0 Å². The highest BCUT2D eigenvalue weighted by Gasteiger charge is 2.57. The van der Waals surface area contributed by atoms with Crippen LogP contribution >= 0.6 is 0 Å². The molecule has 0 radical (unpaired) electrons. The third-order valence-corrected chi connectivity index (χ3v) is 5.65. The molecule has 136 valence electrons. The van der Waals surface area contributed by atoms with E-state index in [4.69, 9.17) is 4.74 Å². The zero-order chi connectivity index (χ0) is 18.1. The van der Waals surface area contributed by atoms with Crippen molar-refractivity contribution < 1.29 is 19.1 Å². The zero-order valence-electron chi connectivity index (χ0n) is 15.7. The monoisotopic (exact) mass is 337 g/mol. The number of alkyl carbamates (subject to hydrolysis) is 1. The maximum atomic E-state index is 12.2. The number of hydrogen-bond acceptors (Lipinski definition) is 4. The van der Waals surface area contributed by atoms with E-state index in [0.717, 1.165) is 19.3 Å². The molecule has 1 amide bonds. The Balaban J connectivity index is 2.04. The number of carbonyl (C=O) groups is 2. The van der Waals surface area contributed by atoms with Crippen LogP contribution in [0.2, 0.25) is 0 Å². The topological polar surface area (TPSA) is 64.6 Å². The van der Waals surface area contributed by atoms with Crippen LogP contribution in [0.15, 0.2) is 12.2 Å². The molecule has 0 unspecified atom stereocenters. The van der Waals surface area contributed by atoms with Crippen LogP contribution in [0.1, 0.15) is 53.9 Å². The molecule has 5 nitrogen and oxygen atoms in total. The van der Waals surface area contributed by atoms with Gasteiger partial charge in [-0.05, 0) is 63.2 Å². The van der Waals surface area contributed by atoms with Crippen molar-refractivity contribution in [2.45, 2.75) is 65.5 Å². The Bertz CT molecular complexity index is 518. The van der Waals surface area contributed by atoms with Gasteiger partial charge in [-0.2, -0.15) is 0 Å². The number of ether oxygens (including phenoxy) is 2. The van der Waals surface area contributed by atoms with Gasteiger partial charge < -0.3 is 14.8 Å². The first-order chi connectivity index (χ1) is 11.0. The quantitative estimate of drug-likeness (QED) is 0.628. The minimum absolute atomic E-state index is 0.0853. The number of rotatable bonds is 4. The maximum absolute atomic E-state index is 12.2. The van der Waals surface area contributed by atoms with Crippen LogP contribution in [-0.4, -0.2) is 30.8 Å². The van der Waals surface area contributed by atoms with Gasteiger partial charge in [0.2, 0.25) is 0 Å². The molecule has 0 spiro atoms. The second-order valence-electron chi connectivity index (χ2n) is 8.69. The van der Waals surface area contributed by atoms with Crippen molar-refractivity contribution in [2.24, 2.45) is 23.2 Å². The van der Waals surface area contributed by atoms with E-state index in [9.17, 15) is 9.59 Å². The van der Waals surface area contributed by atoms with Crippen molar-refractivity contribution in [1.29, 1.82) is 0 Å². The molecule has 0 aromatic heterocycles. The lowest BCUT2D eigenvalue weighted by Crippen LogP contribution is -2.63. The largest absolute Gasteiger partial charge is 0.466 e. The SMILES string of the molecule is COC(=O)/C=C\C[C@H]1C[C@H]2C[C@@H]([C@@H]1NC(=O)OC(C)(C)C)C2(C)C. The molecule has 3 aliphatic rings. The molecule has 0 saturated heterocycles. The van der Waals surface area contributed by atoms with Crippen LogP contribution in [0.5, 0.6) is 0 Å². The van der Waals surface area contributed by atoms with Crippen molar-refractivity contribution in [3.8, 4) is 0 Å². The lowest BCUT2D eigenvalue weighted by Gasteiger charge is -2.62. The van der Waals surface area contributed by atoms with Crippen molar-refractivity contribution in [2.75, 3.05) is 7.11 Å². The van der Waals surface area contributed by atoms with E-state index < -0.39 is 5.60 Å². The Labute approximate surface area is 145 Å². The van der Waals surface area contributed by atoms with E-state index in [1.165, 1.54) is 13.2 Å². The van der Waals surface area contributed by atoms with Gasteiger partial charge >= 0.3 is 12.1 Å². The van der Waals surface area contributed by atoms with Crippen molar-refractivity contribution in [1.82, 2.24) is 5.32 Å². The Morgan fingerprint density at radius 2 is 1.92 bits per heavy atom. The molecule has 5 heteroatoms. The van der Waals surface area contributed by atoms with Gasteiger partial charge in [0.05, 0.1) is 7.11 Å². The first-order valence-electron chi connectivity index (χ1n) is 8.78. The lowest BCUT2D eigenvalue weighted by atomic mass is 9.44. The molecular weight excluding hydrogens is 306 g/mol. The van der Waals surface area contributed by atoms with Crippen molar-refractivity contribution >= 4 is 12.1 Å². The van der Waals surface area contributed by atoms with Gasteiger partial charge in [0.1, 0.15) is 5.60 Å². The molecule has 3 aliphatic carbocycles. The number of hydrogen-bond donors (Lipinski definition) is 1. The number of amides is 1. The molecule has 4 atom stereocenters. The summed E-state index contributed by atoms with van der Waals surface area (Å²) in [6.07, 6.45) is 5.96. The Morgan fingerprint density at radius 1 is 1.25 bits per heavy atom. The van der Waals surface area contributed by atoms with Crippen molar-refractivity contribution in [3.05, 3.63) is 12.2 Å². The highest BCUT2D eigenvalue weighted by molar-refractivity contribution is 5.81. The molecule has 0 aliphatic heterocycles. The predicted molar refractivity (Wildman–Crippen MR) is 92.4 cm³/mol. The first-order valence-corrected chi connectivity index (χ1v) is 8.78. The van der Waals surface area contributed by atoms with E-state index >= 15 is 0 Å². The number of methoxy groups -OCH3 is 1. The molecule has 2 bridgehead atoms. The highest BCUT2D eigenvalue weighted by Crippen LogP contribution is 2.61. The maximum Gasteiger partial charge on any atom is 0.407 e. The average Bonchev–Trinajstić information content (AvgIpc) is 2.45. The molecule has 3 saturated carbocycles. The summed E-state index contributed by atoms with van der Waals surface area (Å²) in [7, 11) is 1.37. The fourth-order valence-electron chi connectivity index (χ4n) is 4.22. The summed E-state index contributed by atoms with van der Waals surface area (Å²) in [5.74, 6) is 1.14. The summed E-state index contributed by atoms with van der Waals surface area (Å²) < 4.78 is 10.1. The number of allylic oxidation sites excluding steroid dienone is 1. The fourth-order valence-corrected chi connectivity index (χ4v) is 4.22. The van der Waals surface area contributed by atoms with Crippen LogP contribution in [0, 0.1) is 23.2 Å². The standard InChI is InChI=1S/C19H31NO4/c1-18(2,3)24-17(22)20-16-12(8-7-9-15(21)23-6)10-13-11-14(16)19(13,4)5/h7,9,12-14,16H,8,10-11H2,1-6H3,(H,20,22)/b9-7-/t12-,13-,14-,16+/m0/s1. The second-order valence-corrected chi connectivity index (χ2v) is 8.69. The Morgan fingerprint density at radius 3 is 2.46 bits per heavy atom. The summed E-state index contributed by atoms with van der Waals surface area (Å²) >= 11 is 0. The normalized spacial score (nSPS) is 31.2. The average molecular weight is 337 g/mol. The number of carbonyl (C=O) groups excluding carboxylic acids is 2. The van der Waals surface area contributed by atoms with Gasteiger partial charge in [0.15, 0.2) is 0 Å². The Hall–Kier alpha value is -1.52. The van der Waals surface area contributed by atoms with Gasteiger partial charge in [-0.15, -0.1) is 0 Å². The molecule has 1 N–H and O–H groups in total. The molecule has 24 heavy (non-hydrogen) atoms. The summed E-state index contributed by atoms with van der Waals surface area (Å²) in [4.78, 5) is 23.5. The van der Waals surface area contributed by atoms with E-state index in [1.807, 2.05) is 26.8 Å². The predicted octanol–water partition coefficient (Wildman–Crippen LogP) is 3.68. The molecule has 0 heterocycles. The van der Waals surface area contributed by atoms with Crippen molar-refractivity contribution in [3.63, 3.8) is 0 Å². The van der Waals surface area contributed by atoms with Crippen LogP contribution in [0.3, 0.4) is 0 Å². The van der Waals surface area contributed by atoms with Gasteiger partial charge in [0.25, 0.3) is 0 Å². The molecule has 3 rings (SSSR count). The molecule has 3 fully saturated rings. The van der Waals surface area contributed by atoms with Crippen LogP contribution in [0.25, 0.3) is 0 Å². The number of esters is 1. The summed E-state index contributed by atoms with van der Waals surface area (Å²) in [5, 5.41) is 3.11. The third-order valence-electron chi connectivity index (χ3n) is 5.65. The van der Waals surface area contributed by atoms with Gasteiger partial charge in [-0.3, -0.25) is 0 Å². The highest BCUT2D eigenvalue weighted by atomic mass is 16.6. The van der Waals surface area contributed by atoms with Gasteiger partial charge in [0, 0.05) is 12.1 Å². The number of fused-ring (bicyclic) bond motifs is 2. The van der Waals surface area contributed by atoms with Crippen LogP contribution < -0.4 is 5.32 Å². The fraction of sp³-hybridized carbons (Fsp3) is 0.789. The van der Waals surface area contributed by atoms with Gasteiger partial charge in [-0.1, -0.05) is 19.9 Å².